The number of nitrogens with zero attached hydrogens (tertiary/aromatic N) is 4. The Kier molecular flexibility index (Phi) is 12.4. The maximum absolute atomic E-state index is 13.8. The molecule has 290 valence electrons. The number of amides is 3. The number of unbranched alkanes of at least 4 members (excludes halogenated alkanes) is 2. The number of carbonyl (C=O) groups is 4. The van der Waals surface area contributed by atoms with E-state index in [0.717, 1.165) is 46.8 Å². The number of alkyl halides is 1. The van der Waals surface area contributed by atoms with E-state index >= 15 is 0 Å². The summed E-state index contributed by atoms with van der Waals surface area (Å²) in [7, 11) is 3.50. The summed E-state index contributed by atoms with van der Waals surface area (Å²) in [6.07, 6.45) is 3.01. The Bertz CT molecular complexity index is 1890. The number of halogens is 1. The monoisotopic (exact) mass is 763 g/mol. The number of esters is 1. The Hall–Kier alpha value is -4.75. The molecule has 3 aliphatic rings. The molecule has 3 heterocycles. The standard InChI is InChI=1S/C40H50ClN5O8/c1-25(47)54-24-27-10-9-14-44(27)39(49)31-19-35(52-3)36(20-32(31)42)53-17-8-4-5-13-37(48)46-22-26(21-41)38-29-12-7-6-11-28(29)30(18-33(38)46)34-23-43(2)15-16-45(34)40(50)51/h6-7,11-12,18-20,26-27,34H,4-5,8-10,13-17,21-24,42H2,1-3H3,(H,50,51)/t26?,27-,34+/m0/s1. The van der Waals surface area contributed by atoms with Crippen molar-refractivity contribution in [2.45, 2.75) is 63.5 Å². The third-order valence-corrected chi connectivity index (χ3v) is 11.2. The van der Waals surface area contributed by atoms with Gasteiger partial charge in [0.1, 0.15) is 6.61 Å². The highest BCUT2D eigenvalue weighted by atomic mass is 35.5. The molecule has 14 heteroatoms. The van der Waals surface area contributed by atoms with E-state index in [2.05, 4.69) is 4.90 Å². The van der Waals surface area contributed by atoms with Crippen molar-refractivity contribution in [2.24, 2.45) is 0 Å². The fourth-order valence-electron chi connectivity index (χ4n) is 8.08. The zero-order chi connectivity index (χ0) is 38.5. The number of nitrogens with two attached hydrogens (primary N) is 1. The van der Waals surface area contributed by atoms with Crippen molar-refractivity contribution in [3.05, 3.63) is 59.2 Å². The van der Waals surface area contributed by atoms with Gasteiger partial charge in [-0.25, -0.2) is 4.79 Å². The molecular formula is C40H50ClN5O8. The van der Waals surface area contributed by atoms with E-state index in [1.807, 2.05) is 42.3 Å². The lowest BCUT2D eigenvalue weighted by molar-refractivity contribution is -0.142. The Morgan fingerprint density at radius 1 is 0.963 bits per heavy atom. The molecule has 3 N–H and O–H groups in total. The van der Waals surface area contributed by atoms with Gasteiger partial charge in [0.15, 0.2) is 11.5 Å². The highest BCUT2D eigenvalue weighted by Crippen LogP contribution is 2.46. The zero-order valence-electron chi connectivity index (χ0n) is 31.2. The number of piperazine rings is 1. The average Bonchev–Trinajstić information content (AvgIpc) is 3.79. The van der Waals surface area contributed by atoms with Crippen LogP contribution in [0.5, 0.6) is 11.5 Å². The van der Waals surface area contributed by atoms with Gasteiger partial charge in [-0.3, -0.25) is 19.3 Å². The number of carboxylic acid groups (broad SMARTS) is 1. The highest BCUT2D eigenvalue weighted by molar-refractivity contribution is 6.19. The van der Waals surface area contributed by atoms with Crippen LogP contribution in [0.25, 0.3) is 10.8 Å². The van der Waals surface area contributed by atoms with Crippen molar-refractivity contribution in [1.29, 1.82) is 0 Å². The van der Waals surface area contributed by atoms with Crippen molar-refractivity contribution in [1.82, 2.24) is 14.7 Å². The van der Waals surface area contributed by atoms with Crippen LogP contribution in [0, 0.1) is 0 Å². The number of hydrogen-bond acceptors (Lipinski definition) is 9. The molecule has 3 amide bonds. The summed E-state index contributed by atoms with van der Waals surface area (Å²) in [5, 5.41) is 12.1. The molecule has 3 aliphatic heterocycles. The van der Waals surface area contributed by atoms with E-state index in [1.54, 1.807) is 17.0 Å². The van der Waals surface area contributed by atoms with Gasteiger partial charge in [0.05, 0.1) is 31.4 Å². The van der Waals surface area contributed by atoms with Gasteiger partial charge < -0.3 is 39.8 Å². The third-order valence-electron chi connectivity index (χ3n) is 10.8. The molecule has 3 atom stereocenters. The minimum absolute atomic E-state index is 0.00432. The van der Waals surface area contributed by atoms with Gasteiger partial charge in [-0.15, -0.1) is 11.6 Å². The van der Waals surface area contributed by atoms with Gasteiger partial charge in [0, 0.05) is 75.3 Å². The first kappa shape index (κ1) is 39.0. The van der Waals surface area contributed by atoms with Gasteiger partial charge >= 0.3 is 12.1 Å². The number of ether oxygens (including phenoxy) is 3. The van der Waals surface area contributed by atoms with Crippen molar-refractivity contribution in [3.63, 3.8) is 0 Å². The fraction of sp³-hybridized carbons (Fsp3) is 0.500. The summed E-state index contributed by atoms with van der Waals surface area (Å²) in [5.41, 5.74) is 9.67. The van der Waals surface area contributed by atoms with Crippen LogP contribution < -0.4 is 20.1 Å². The van der Waals surface area contributed by atoms with Crippen LogP contribution in [0.1, 0.15) is 78.9 Å². The predicted molar refractivity (Wildman–Crippen MR) is 207 cm³/mol. The molecule has 0 aromatic heterocycles. The largest absolute Gasteiger partial charge is 0.493 e. The molecule has 13 nitrogen and oxygen atoms in total. The van der Waals surface area contributed by atoms with E-state index in [9.17, 15) is 24.3 Å². The first-order valence-corrected chi connectivity index (χ1v) is 19.2. The second kappa shape index (κ2) is 17.2. The predicted octanol–water partition coefficient (Wildman–Crippen LogP) is 5.87. The van der Waals surface area contributed by atoms with Crippen molar-refractivity contribution in [2.75, 3.05) is 76.6 Å². The molecule has 0 saturated carbocycles. The van der Waals surface area contributed by atoms with Gasteiger partial charge in [0.2, 0.25) is 5.91 Å². The highest BCUT2D eigenvalue weighted by Gasteiger charge is 2.38. The van der Waals surface area contributed by atoms with Crippen molar-refractivity contribution >= 4 is 57.6 Å². The van der Waals surface area contributed by atoms with Crippen molar-refractivity contribution in [3.8, 4) is 11.5 Å². The topological polar surface area (TPSA) is 155 Å². The van der Waals surface area contributed by atoms with E-state index < -0.39 is 6.09 Å². The Labute approximate surface area is 320 Å². The number of fused-ring (bicyclic) bond motifs is 3. The summed E-state index contributed by atoms with van der Waals surface area (Å²) in [4.78, 5) is 58.1. The fourth-order valence-corrected chi connectivity index (χ4v) is 8.33. The summed E-state index contributed by atoms with van der Waals surface area (Å²) in [6.45, 7) is 4.50. The molecule has 0 aliphatic carbocycles. The number of benzene rings is 3. The first-order valence-electron chi connectivity index (χ1n) is 18.7. The number of hydrogen-bond donors (Lipinski definition) is 2. The summed E-state index contributed by atoms with van der Waals surface area (Å²) >= 11 is 6.51. The van der Waals surface area contributed by atoms with Crippen molar-refractivity contribution < 1.29 is 38.5 Å². The lowest BCUT2D eigenvalue weighted by Gasteiger charge is -2.39. The molecule has 0 radical (unpaired) electrons. The molecule has 3 aromatic carbocycles. The van der Waals surface area contributed by atoms with Gasteiger partial charge in [-0.2, -0.15) is 0 Å². The molecule has 6 rings (SSSR count). The van der Waals surface area contributed by atoms with Crippen LogP contribution in [-0.2, 0) is 14.3 Å². The van der Waals surface area contributed by atoms with E-state index in [0.29, 0.717) is 81.5 Å². The first-order chi connectivity index (χ1) is 26.0. The number of nitrogen functional groups attached to an aromatic ring is 1. The van der Waals surface area contributed by atoms with Crippen LogP contribution in [0.2, 0.25) is 0 Å². The molecule has 2 fully saturated rings. The Morgan fingerprint density at radius 3 is 2.46 bits per heavy atom. The SMILES string of the molecule is COc1cc(C(=O)N2CCC[C@H]2COC(C)=O)c(N)cc1OCCCCCC(=O)N1CC(CCl)c2c1cc([C@H]1CN(C)CCN1C(=O)O)c1ccccc21. The number of likely N-dealkylation sites (N-methyl/N-ethyl adjacent to an activating group) is 1. The van der Waals surface area contributed by atoms with E-state index in [1.165, 1.54) is 18.9 Å². The van der Waals surface area contributed by atoms with Crippen LogP contribution in [0.3, 0.4) is 0 Å². The second-order valence-electron chi connectivity index (χ2n) is 14.4. The average molecular weight is 764 g/mol. The Morgan fingerprint density at radius 2 is 1.74 bits per heavy atom. The van der Waals surface area contributed by atoms with Crippen LogP contribution in [0.4, 0.5) is 16.2 Å². The smallest absolute Gasteiger partial charge is 0.407 e. The van der Waals surface area contributed by atoms with E-state index in [-0.39, 0.29) is 48.1 Å². The molecule has 0 bridgehead atoms. The number of carbonyl (C=O) groups excluding carboxylic acids is 3. The molecule has 3 aromatic rings. The van der Waals surface area contributed by atoms with E-state index in [4.69, 9.17) is 31.5 Å². The summed E-state index contributed by atoms with van der Waals surface area (Å²) < 4.78 is 16.8. The maximum Gasteiger partial charge on any atom is 0.407 e. The Balaban J connectivity index is 1.08. The summed E-state index contributed by atoms with van der Waals surface area (Å²) in [5.74, 6) is 0.511. The zero-order valence-corrected chi connectivity index (χ0v) is 32.0. The lowest BCUT2D eigenvalue weighted by atomic mass is 9.89. The number of anilines is 2. The quantitative estimate of drug-likeness (QED) is 0.0935. The maximum atomic E-state index is 13.8. The number of likely N-dealkylation sites (tertiary alicyclic amines) is 1. The minimum atomic E-state index is -0.952. The molecule has 54 heavy (non-hydrogen) atoms. The minimum Gasteiger partial charge on any atom is -0.493 e. The van der Waals surface area contributed by atoms with Gasteiger partial charge in [-0.05, 0) is 73.2 Å². The molecule has 0 spiro atoms. The van der Waals surface area contributed by atoms with Crippen LogP contribution >= 0.6 is 11.6 Å². The molecule has 2 saturated heterocycles. The number of methoxy groups -OCH3 is 1. The normalized spacial score (nSPS) is 19.9. The van der Waals surface area contributed by atoms with Gasteiger partial charge in [-0.1, -0.05) is 24.3 Å². The molecule has 1 unspecified atom stereocenters. The molecular weight excluding hydrogens is 714 g/mol. The number of rotatable bonds is 13. The second-order valence-corrected chi connectivity index (χ2v) is 14.7. The van der Waals surface area contributed by atoms with Crippen LogP contribution in [0.15, 0.2) is 42.5 Å². The van der Waals surface area contributed by atoms with Gasteiger partial charge in [0.25, 0.3) is 5.91 Å². The lowest BCUT2D eigenvalue weighted by Crippen LogP contribution is -2.48. The van der Waals surface area contributed by atoms with Crippen LogP contribution in [-0.4, -0.2) is 116 Å². The third kappa shape index (κ3) is 8.17. The summed E-state index contributed by atoms with van der Waals surface area (Å²) in [6, 6.07) is 12.7.